The van der Waals surface area contributed by atoms with Crippen LogP contribution in [0.2, 0.25) is 0 Å². The molecule has 0 aromatic heterocycles. The molecular weight excluding hydrogens is 212 g/mol. The lowest BCUT2D eigenvalue weighted by atomic mass is 10.1. The van der Waals surface area contributed by atoms with Gasteiger partial charge in [0.05, 0.1) is 0 Å². The first kappa shape index (κ1) is 16.9. The molecule has 104 valence electrons. The average molecular weight is 244 g/mol. The molecule has 0 heterocycles. The summed E-state index contributed by atoms with van der Waals surface area (Å²) in [4.78, 5) is 0. The van der Waals surface area contributed by atoms with E-state index in [9.17, 15) is 0 Å². The van der Waals surface area contributed by atoms with Gasteiger partial charge in [-0.2, -0.15) is 0 Å². The summed E-state index contributed by atoms with van der Waals surface area (Å²) in [5.41, 5.74) is 0. The Bertz CT molecular complexity index is 131. The van der Waals surface area contributed by atoms with Crippen molar-refractivity contribution in [2.75, 3.05) is 13.2 Å². The monoisotopic (exact) mass is 244 g/mol. The van der Waals surface area contributed by atoms with Gasteiger partial charge >= 0.3 is 0 Å². The quantitative estimate of drug-likeness (QED) is 0.338. The fourth-order valence-corrected chi connectivity index (χ4v) is 2.03. The van der Waals surface area contributed by atoms with E-state index in [1.165, 1.54) is 51.4 Å². The Kier molecular flexibility index (Phi) is 13.9. The maximum absolute atomic E-state index is 5.52. The van der Waals surface area contributed by atoms with Crippen LogP contribution in [0.25, 0.3) is 0 Å². The summed E-state index contributed by atoms with van der Waals surface area (Å²) >= 11 is 0. The Morgan fingerprint density at radius 3 is 1.59 bits per heavy atom. The van der Waals surface area contributed by atoms with Crippen LogP contribution in [0.4, 0.5) is 0 Å². The second-order valence-corrected chi connectivity index (χ2v) is 4.60. The van der Waals surface area contributed by atoms with E-state index in [1.807, 2.05) is 13.8 Å². The molecule has 0 fully saturated rings. The van der Waals surface area contributed by atoms with Gasteiger partial charge in [0.15, 0.2) is 6.29 Å². The molecule has 0 unspecified atom stereocenters. The summed E-state index contributed by atoms with van der Waals surface area (Å²) in [6, 6.07) is 0. The topological polar surface area (TPSA) is 18.5 Å². The van der Waals surface area contributed by atoms with Crippen molar-refractivity contribution in [3.05, 3.63) is 0 Å². The summed E-state index contributed by atoms with van der Waals surface area (Å²) in [7, 11) is 0. The van der Waals surface area contributed by atoms with E-state index < -0.39 is 0 Å². The molecule has 0 amide bonds. The van der Waals surface area contributed by atoms with Gasteiger partial charge in [-0.3, -0.25) is 0 Å². The maximum atomic E-state index is 5.52. The predicted octanol–water partition coefficient (Wildman–Crippen LogP) is 4.92. The SMILES string of the molecule is CCCCCCCCCCC(OCC)OCC. The van der Waals surface area contributed by atoms with Crippen LogP contribution >= 0.6 is 0 Å². The molecule has 0 saturated heterocycles. The molecule has 2 nitrogen and oxygen atoms in total. The van der Waals surface area contributed by atoms with E-state index in [0.29, 0.717) is 0 Å². The molecular formula is C15H32O2. The van der Waals surface area contributed by atoms with Crippen molar-refractivity contribution in [1.82, 2.24) is 0 Å². The molecule has 0 aromatic rings. The molecule has 0 saturated carbocycles. The van der Waals surface area contributed by atoms with Crippen molar-refractivity contribution < 1.29 is 9.47 Å². The first-order chi connectivity index (χ1) is 8.35. The zero-order chi connectivity index (χ0) is 12.8. The normalized spacial score (nSPS) is 11.3. The van der Waals surface area contributed by atoms with Crippen molar-refractivity contribution in [2.45, 2.75) is 84.8 Å². The Hall–Kier alpha value is -0.0800. The minimum atomic E-state index is 0.0325. The highest BCUT2D eigenvalue weighted by Crippen LogP contribution is 2.12. The number of ether oxygens (including phenoxy) is 2. The maximum Gasteiger partial charge on any atom is 0.157 e. The van der Waals surface area contributed by atoms with Crippen LogP contribution in [-0.4, -0.2) is 19.5 Å². The standard InChI is InChI=1S/C15H32O2/c1-4-7-8-9-10-11-12-13-14-15(16-5-2)17-6-3/h15H,4-14H2,1-3H3. The van der Waals surface area contributed by atoms with Crippen LogP contribution < -0.4 is 0 Å². The summed E-state index contributed by atoms with van der Waals surface area (Å²) in [5, 5.41) is 0. The number of rotatable bonds is 13. The van der Waals surface area contributed by atoms with Crippen LogP contribution in [0.5, 0.6) is 0 Å². The Morgan fingerprint density at radius 2 is 1.12 bits per heavy atom. The second-order valence-electron chi connectivity index (χ2n) is 4.60. The van der Waals surface area contributed by atoms with Crippen LogP contribution in [0, 0.1) is 0 Å². The first-order valence-corrected chi connectivity index (χ1v) is 7.58. The fourth-order valence-electron chi connectivity index (χ4n) is 2.03. The van der Waals surface area contributed by atoms with Gasteiger partial charge in [0, 0.05) is 13.2 Å². The minimum Gasteiger partial charge on any atom is -0.353 e. The Morgan fingerprint density at radius 1 is 0.647 bits per heavy atom. The van der Waals surface area contributed by atoms with Gasteiger partial charge in [0.25, 0.3) is 0 Å². The van der Waals surface area contributed by atoms with Gasteiger partial charge in [-0.1, -0.05) is 51.9 Å². The summed E-state index contributed by atoms with van der Waals surface area (Å²) in [5.74, 6) is 0. The molecule has 0 bridgehead atoms. The van der Waals surface area contributed by atoms with E-state index >= 15 is 0 Å². The van der Waals surface area contributed by atoms with Crippen LogP contribution in [0.1, 0.15) is 78.6 Å². The molecule has 0 aromatic carbocycles. The zero-order valence-electron chi connectivity index (χ0n) is 12.2. The van der Waals surface area contributed by atoms with Gasteiger partial charge in [-0.15, -0.1) is 0 Å². The summed E-state index contributed by atoms with van der Waals surface area (Å²) in [6.45, 7) is 7.82. The molecule has 0 rings (SSSR count). The van der Waals surface area contributed by atoms with Crippen LogP contribution in [0.15, 0.2) is 0 Å². The third-order valence-corrected chi connectivity index (χ3v) is 3.00. The molecule has 0 spiro atoms. The van der Waals surface area contributed by atoms with Crippen LogP contribution in [0.3, 0.4) is 0 Å². The van der Waals surface area contributed by atoms with Crippen molar-refractivity contribution >= 4 is 0 Å². The van der Waals surface area contributed by atoms with E-state index in [0.717, 1.165) is 19.6 Å². The minimum absolute atomic E-state index is 0.0325. The highest BCUT2D eigenvalue weighted by Gasteiger charge is 2.06. The molecule has 0 N–H and O–H groups in total. The van der Waals surface area contributed by atoms with Gasteiger partial charge in [0.2, 0.25) is 0 Å². The van der Waals surface area contributed by atoms with E-state index in [2.05, 4.69) is 6.92 Å². The fraction of sp³-hybridized carbons (Fsp3) is 1.00. The van der Waals surface area contributed by atoms with Crippen molar-refractivity contribution in [1.29, 1.82) is 0 Å². The number of hydrogen-bond acceptors (Lipinski definition) is 2. The highest BCUT2D eigenvalue weighted by atomic mass is 16.7. The molecule has 0 aliphatic heterocycles. The molecule has 0 atom stereocenters. The lowest BCUT2D eigenvalue weighted by molar-refractivity contribution is -0.140. The second kappa shape index (κ2) is 14.0. The Balaban J connectivity index is 3.23. The molecule has 0 radical (unpaired) electrons. The predicted molar refractivity (Wildman–Crippen MR) is 74.3 cm³/mol. The largest absolute Gasteiger partial charge is 0.353 e. The molecule has 0 aliphatic rings. The smallest absolute Gasteiger partial charge is 0.157 e. The van der Waals surface area contributed by atoms with E-state index in [-0.39, 0.29) is 6.29 Å². The lowest BCUT2D eigenvalue weighted by Crippen LogP contribution is -2.17. The molecule has 17 heavy (non-hydrogen) atoms. The van der Waals surface area contributed by atoms with Gasteiger partial charge in [-0.05, 0) is 26.7 Å². The highest BCUT2D eigenvalue weighted by molar-refractivity contribution is 4.49. The summed E-state index contributed by atoms with van der Waals surface area (Å²) in [6.07, 6.45) is 12.0. The lowest BCUT2D eigenvalue weighted by Gasteiger charge is -2.16. The number of unbranched alkanes of at least 4 members (excludes halogenated alkanes) is 7. The molecule has 2 heteroatoms. The summed E-state index contributed by atoms with van der Waals surface area (Å²) < 4.78 is 11.0. The van der Waals surface area contributed by atoms with E-state index in [4.69, 9.17) is 9.47 Å². The van der Waals surface area contributed by atoms with Gasteiger partial charge in [-0.25, -0.2) is 0 Å². The van der Waals surface area contributed by atoms with Gasteiger partial charge < -0.3 is 9.47 Å². The first-order valence-electron chi connectivity index (χ1n) is 7.58. The van der Waals surface area contributed by atoms with E-state index in [1.54, 1.807) is 0 Å². The van der Waals surface area contributed by atoms with Crippen molar-refractivity contribution in [3.63, 3.8) is 0 Å². The Labute approximate surface area is 108 Å². The molecule has 0 aliphatic carbocycles. The average Bonchev–Trinajstić information content (AvgIpc) is 2.33. The van der Waals surface area contributed by atoms with Gasteiger partial charge in [0.1, 0.15) is 0 Å². The zero-order valence-corrected chi connectivity index (χ0v) is 12.2. The third-order valence-electron chi connectivity index (χ3n) is 3.00. The third kappa shape index (κ3) is 12.2. The van der Waals surface area contributed by atoms with Crippen LogP contribution in [-0.2, 0) is 9.47 Å². The number of hydrogen-bond donors (Lipinski definition) is 0. The van der Waals surface area contributed by atoms with Crippen molar-refractivity contribution in [2.24, 2.45) is 0 Å². The van der Waals surface area contributed by atoms with Crippen molar-refractivity contribution in [3.8, 4) is 0 Å².